The third-order valence-electron chi connectivity index (χ3n) is 2.07. The van der Waals surface area contributed by atoms with Gasteiger partial charge in [0.1, 0.15) is 0 Å². The number of nitrogens with zero attached hydrogens (tertiary/aromatic N) is 1. The second-order valence-electron chi connectivity index (χ2n) is 3.24. The normalized spacial score (nSPS) is 28.1. The fourth-order valence-corrected chi connectivity index (χ4v) is 2.06. The van der Waals surface area contributed by atoms with Crippen molar-refractivity contribution in [1.82, 2.24) is 4.90 Å². The summed E-state index contributed by atoms with van der Waals surface area (Å²) in [6, 6.07) is -0.274. The molecule has 0 aromatic rings. The predicted octanol–water partition coefficient (Wildman–Crippen LogP) is 0.236. The van der Waals surface area contributed by atoms with Crippen molar-refractivity contribution in [3.63, 3.8) is 0 Å². The first-order valence-corrected chi connectivity index (χ1v) is 5.56. The summed E-state index contributed by atoms with van der Waals surface area (Å²) in [4.78, 5) is 28.7. The van der Waals surface area contributed by atoms with Gasteiger partial charge in [-0.2, -0.15) is 0 Å². The summed E-state index contributed by atoms with van der Waals surface area (Å²) >= 11 is 0. The minimum Gasteiger partial charge on any atom is -0.465 e. The number of carboxylic acid groups (broad SMARTS) is 1. The summed E-state index contributed by atoms with van der Waals surface area (Å²) in [7, 11) is -4.52. The number of amides is 1. The van der Waals surface area contributed by atoms with Gasteiger partial charge < -0.3 is 19.8 Å². The molecule has 1 heterocycles. The third kappa shape index (κ3) is 2.95. The van der Waals surface area contributed by atoms with E-state index in [1.165, 1.54) is 0 Å². The lowest BCUT2D eigenvalue weighted by Gasteiger charge is -2.16. The second-order valence-corrected chi connectivity index (χ2v) is 4.43. The Morgan fingerprint density at radius 1 is 1.57 bits per heavy atom. The number of phosphoric ester groups is 1. The molecule has 3 N–H and O–H groups in total. The molecule has 82 valence electrons. The smallest absolute Gasteiger partial charge is 0.465 e. The lowest BCUT2D eigenvalue weighted by molar-refractivity contribution is 0.122. The first-order valence-electron chi connectivity index (χ1n) is 4.03. The standard InChI is InChI=1S/C6H12NO6P/c1-4-2-5(13-14(10,11)12)3-7(4)6(8)9/h4-5H,2-3H2,1H3,(H,8,9)(H2,10,11,12)/t4-,5?/m1/s1. The molecule has 0 aromatic carbocycles. The molecule has 0 saturated carbocycles. The van der Waals surface area contributed by atoms with Crippen molar-refractivity contribution >= 4 is 13.9 Å². The van der Waals surface area contributed by atoms with Gasteiger partial charge in [-0.15, -0.1) is 0 Å². The highest BCUT2D eigenvalue weighted by atomic mass is 31.2. The lowest BCUT2D eigenvalue weighted by atomic mass is 10.2. The van der Waals surface area contributed by atoms with Crippen molar-refractivity contribution in [2.75, 3.05) is 6.54 Å². The van der Waals surface area contributed by atoms with E-state index in [2.05, 4.69) is 4.52 Å². The van der Waals surface area contributed by atoms with Crippen molar-refractivity contribution in [2.45, 2.75) is 25.5 Å². The Balaban J connectivity index is 2.55. The Morgan fingerprint density at radius 3 is 2.50 bits per heavy atom. The van der Waals surface area contributed by atoms with Gasteiger partial charge in [-0.1, -0.05) is 0 Å². The van der Waals surface area contributed by atoms with E-state index in [1.807, 2.05) is 0 Å². The fourth-order valence-electron chi connectivity index (χ4n) is 1.52. The zero-order chi connectivity index (χ0) is 10.9. The molecule has 0 spiro atoms. The number of likely N-dealkylation sites (tertiary alicyclic amines) is 1. The Labute approximate surface area is 80.5 Å². The highest BCUT2D eigenvalue weighted by molar-refractivity contribution is 7.46. The average Bonchev–Trinajstić information content (AvgIpc) is 2.26. The Bertz CT molecular complexity index is 275. The van der Waals surface area contributed by atoms with E-state index < -0.39 is 20.0 Å². The van der Waals surface area contributed by atoms with Gasteiger partial charge in [-0.25, -0.2) is 9.36 Å². The minimum atomic E-state index is -4.52. The van der Waals surface area contributed by atoms with Gasteiger partial charge in [-0.3, -0.25) is 4.52 Å². The number of hydrogen-bond donors (Lipinski definition) is 3. The van der Waals surface area contributed by atoms with Crippen molar-refractivity contribution in [3.05, 3.63) is 0 Å². The minimum absolute atomic E-state index is 0.00160. The van der Waals surface area contributed by atoms with Crippen LogP contribution in [0, 0.1) is 0 Å². The quantitative estimate of drug-likeness (QED) is 0.581. The molecule has 1 rings (SSSR count). The molecule has 2 atom stereocenters. The van der Waals surface area contributed by atoms with Crippen LogP contribution >= 0.6 is 7.82 Å². The van der Waals surface area contributed by atoms with Crippen molar-refractivity contribution in [1.29, 1.82) is 0 Å². The van der Waals surface area contributed by atoms with Crippen LogP contribution in [0.3, 0.4) is 0 Å². The van der Waals surface area contributed by atoms with Crippen LogP contribution < -0.4 is 0 Å². The lowest BCUT2D eigenvalue weighted by Crippen LogP contribution is -2.32. The molecule has 1 saturated heterocycles. The van der Waals surface area contributed by atoms with E-state index in [9.17, 15) is 9.36 Å². The zero-order valence-corrected chi connectivity index (χ0v) is 8.42. The first kappa shape index (κ1) is 11.5. The maximum atomic E-state index is 10.6. The van der Waals surface area contributed by atoms with Crippen molar-refractivity contribution in [2.24, 2.45) is 0 Å². The molecular formula is C6H12NO6P. The van der Waals surface area contributed by atoms with Gasteiger partial charge in [-0.05, 0) is 13.3 Å². The summed E-state index contributed by atoms with van der Waals surface area (Å²) in [6.45, 7) is 1.67. The molecule has 1 amide bonds. The maximum absolute atomic E-state index is 10.6. The van der Waals surface area contributed by atoms with Gasteiger partial charge in [0.2, 0.25) is 0 Å². The number of hydrogen-bond acceptors (Lipinski definition) is 3. The molecular weight excluding hydrogens is 213 g/mol. The molecule has 0 aliphatic carbocycles. The van der Waals surface area contributed by atoms with E-state index in [0.717, 1.165) is 4.90 Å². The summed E-state index contributed by atoms with van der Waals surface area (Å²) in [5, 5.41) is 8.68. The van der Waals surface area contributed by atoms with Crippen LogP contribution in [0.2, 0.25) is 0 Å². The summed E-state index contributed by atoms with van der Waals surface area (Å²) in [6.07, 6.45) is -1.52. The number of carbonyl (C=O) groups is 1. The summed E-state index contributed by atoms with van der Waals surface area (Å²) in [5.41, 5.74) is 0. The molecule has 0 bridgehead atoms. The predicted molar refractivity (Wildman–Crippen MR) is 45.7 cm³/mol. The molecule has 1 aliphatic rings. The van der Waals surface area contributed by atoms with Crippen LogP contribution in [0.4, 0.5) is 4.79 Å². The highest BCUT2D eigenvalue weighted by Gasteiger charge is 2.36. The van der Waals surface area contributed by atoms with E-state index in [4.69, 9.17) is 14.9 Å². The topological polar surface area (TPSA) is 107 Å². The van der Waals surface area contributed by atoms with Gasteiger partial charge in [0.05, 0.1) is 12.6 Å². The molecule has 8 heteroatoms. The average molecular weight is 225 g/mol. The van der Waals surface area contributed by atoms with Crippen LogP contribution in [-0.4, -0.2) is 44.6 Å². The van der Waals surface area contributed by atoms with Crippen LogP contribution in [0.5, 0.6) is 0 Å². The van der Waals surface area contributed by atoms with Crippen LogP contribution in [0.15, 0.2) is 0 Å². The molecule has 7 nitrogen and oxygen atoms in total. The molecule has 14 heavy (non-hydrogen) atoms. The van der Waals surface area contributed by atoms with E-state index in [1.54, 1.807) is 6.92 Å². The van der Waals surface area contributed by atoms with Crippen molar-refractivity contribution in [3.8, 4) is 0 Å². The Hall–Kier alpha value is -0.620. The van der Waals surface area contributed by atoms with E-state index in [-0.39, 0.29) is 12.6 Å². The van der Waals surface area contributed by atoms with E-state index >= 15 is 0 Å². The first-order chi connectivity index (χ1) is 6.29. The highest BCUT2D eigenvalue weighted by Crippen LogP contribution is 2.40. The van der Waals surface area contributed by atoms with E-state index in [0.29, 0.717) is 6.42 Å². The molecule has 1 aliphatic heterocycles. The molecule has 0 aromatic heterocycles. The van der Waals surface area contributed by atoms with Gasteiger partial charge >= 0.3 is 13.9 Å². The van der Waals surface area contributed by atoms with Crippen LogP contribution in [0.25, 0.3) is 0 Å². The molecule has 0 radical (unpaired) electrons. The maximum Gasteiger partial charge on any atom is 0.469 e. The molecule has 1 fully saturated rings. The summed E-state index contributed by atoms with van der Waals surface area (Å²) < 4.78 is 14.9. The van der Waals surface area contributed by atoms with Gasteiger partial charge in [0, 0.05) is 6.04 Å². The van der Waals surface area contributed by atoms with Gasteiger partial charge in [0.25, 0.3) is 0 Å². The third-order valence-corrected chi connectivity index (χ3v) is 2.64. The largest absolute Gasteiger partial charge is 0.469 e. The fraction of sp³-hybridized carbons (Fsp3) is 0.833. The van der Waals surface area contributed by atoms with Crippen LogP contribution in [-0.2, 0) is 9.09 Å². The Kier molecular flexibility index (Phi) is 3.16. The van der Waals surface area contributed by atoms with Gasteiger partial charge in [0.15, 0.2) is 0 Å². The number of rotatable bonds is 2. The van der Waals surface area contributed by atoms with Crippen LogP contribution in [0.1, 0.15) is 13.3 Å². The van der Waals surface area contributed by atoms with Crippen molar-refractivity contribution < 1.29 is 28.8 Å². The number of phosphoric acid groups is 1. The second kappa shape index (κ2) is 3.86. The SMILES string of the molecule is C[C@@H]1CC(OP(=O)(O)O)CN1C(=O)O. The zero-order valence-electron chi connectivity index (χ0n) is 7.53. The monoisotopic (exact) mass is 225 g/mol. The Morgan fingerprint density at radius 2 is 2.14 bits per heavy atom. The molecule has 1 unspecified atom stereocenters. The summed E-state index contributed by atoms with van der Waals surface area (Å²) in [5.74, 6) is 0.